The number of nitrogens with one attached hydrogen (secondary N) is 4. The number of alkyl halides is 3. The van der Waals surface area contributed by atoms with E-state index in [1.165, 1.54) is 19.2 Å². The van der Waals surface area contributed by atoms with E-state index < -0.39 is 41.2 Å². The number of fused-ring (bicyclic) bond motifs is 3. The molecule has 3 aromatic rings. The van der Waals surface area contributed by atoms with Crippen LogP contribution >= 0.6 is 0 Å². The number of hydrogen-bond donors (Lipinski definition) is 5. The van der Waals surface area contributed by atoms with Gasteiger partial charge < -0.3 is 30.8 Å². The summed E-state index contributed by atoms with van der Waals surface area (Å²) >= 11 is 0. The predicted octanol–water partition coefficient (Wildman–Crippen LogP) is 4.54. The van der Waals surface area contributed by atoms with Gasteiger partial charge >= 0.3 is 18.2 Å². The third-order valence-corrected chi connectivity index (χ3v) is 7.76. The van der Waals surface area contributed by atoms with E-state index in [-0.39, 0.29) is 42.6 Å². The van der Waals surface area contributed by atoms with Gasteiger partial charge in [0.25, 0.3) is 0 Å². The van der Waals surface area contributed by atoms with Crippen LogP contribution < -0.4 is 20.7 Å². The molecule has 41 heavy (non-hydrogen) atoms. The van der Waals surface area contributed by atoms with Gasteiger partial charge in [0, 0.05) is 24.0 Å². The van der Waals surface area contributed by atoms with E-state index in [0.717, 1.165) is 11.6 Å². The molecule has 1 aromatic heterocycles. The van der Waals surface area contributed by atoms with Crippen molar-refractivity contribution in [3.05, 3.63) is 64.8 Å². The second-order valence-electron chi connectivity index (χ2n) is 10.4. The predicted molar refractivity (Wildman–Crippen MR) is 145 cm³/mol. The zero-order chi connectivity index (χ0) is 29.9. The number of H-pyrrole nitrogens is 1. The maximum absolute atomic E-state index is 13.6. The number of hydrogen-bond acceptors (Lipinski definition) is 4. The molecule has 0 saturated carbocycles. The van der Waals surface area contributed by atoms with Gasteiger partial charge in [0.05, 0.1) is 18.2 Å². The SMILES string of the molecule is CCC(C)[C@H](NC(=O)NCc1cccc(OC)c1)C(=O)N[C@]1(C(=O)O)CCc2[nH]c3c(C(F)(F)F)cccc3c2C1. The summed E-state index contributed by atoms with van der Waals surface area (Å²) in [6.45, 7) is 3.77. The zero-order valence-electron chi connectivity index (χ0n) is 22.9. The van der Waals surface area contributed by atoms with Crippen LogP contribution in [0.2, 0.25) is 0 Å². The minimum atomic E-state index is -4.59. The van der Waals surface area contributed by atoms with Gasteiger partial charge in [-0.05, 0) is 48.1 Å². The Balaban J connectivity index is 1.54. The molecule has 4 rings (SSSR count). The first kappa shape index (κ1) is 29.8. The number of para-hydroxylation sites is 1. The van der Waals surface area contributed by atoms with Crippen LogP contribution in [0.1, 0.15) is 49.1 Å². The van der Waals surface area contributed by atoms with Crippen LogP contribution in [0.4, 0.5) is 18.0 Å². The summed E-state index contributed by atoms with van der Waals surface area (Å²) < 4.78 is 46.0. The topological polar surface area (TPSA) is 133 Å². The molecule has 0 fully saturated rings. The van der Waals surface area contributed by atoms with Crippen LogP contribution in [-0.2, 0) is 35.2 Å². The molecule has 12 heteroatoms. The fourth-order valence-electron chi connectivity index (χ4n) is 5.22. The Morgan fingerprint density at radius 3 is 2.56 bits per heavy atom. The van der Waals surface area contributed by atoms with Gasteiger partial charge in [0.15, 0.2) is 0 Å². The highest BCUT2D eigenvalue weighted by Gasteiger charge is 2.46. The van der Waals surface area contributed by atoms with Gasteiger partial charge in [-0.15, -0.1) is 0 Å². The zero-order valence-corrected chi connectivity index (χ0v) is 22.9. The highest BCUT2D eigenvalue weighted by molar-refractivity contribution is 5.94. The Kier molecular flexibility index (Phi) is 8.50. The summed E-state index contributed by atoms with van der Waals surface area (Å²) in [5.41, 5.74) is -1.00. The molecule has 5 N–H and O–H groups in total. The monoisotopic (exact) mass is 574 g/mol. The fraction of sp³-hybridized carbons (Fsp3) is 0.414. The van der Waals surface area contributed by atoms with Crippen molar-refractivity contribution >= 4 is 28.8 Å². The van der Waals surface area contributed by atoms with E-state index in [2.05, 4.69) is 20.9 Å². The summed E-state index contributed by atoms with van der Waals surface area (Å²) in [4.78, 5) is 41.7. The average Bonchev–Trinajstić information content (AvgIpc) is 3.31. The Bertz CT molecular complexity index is 1450. The highest BCUT2D eigenvalue weighted by atomic mass is 19.4. The Morgan fingerprint density at radius 2 is 1.90 bits per heavy atom. The second kappa shape index (κ2) is 11.7. The van der Waals surface area contributed by atoms with E-state index in [1.807, 2.05) is 6.92 Å². The lowest BCUT2D eigenvalue weighted by Gasteiger charge is -2.36. The van der Waals surface area contributed by atoms with E-state index in [9.17, 15) is 32.7 Å². The van der Waals surface area contributed by atoms with Crippen molar-refractivity contribution in [2.75, 3.05) is 7.11 Å². The number of amides is 3. The molecule has 0 aliphatic heterocycles. The maximum Gasteiger partial charge on any atom is 0.418 e. The van der Waals surface area contributed by atoms with Crippen LogP contribution in [-0.4, -0.2) is 46.7 Å². The van der Waals surface area contributed by atoms with Gasteiger partial charge in [-0.1, -0.05) is 44.5 Å². The molecule has 3 amide bonds. The number of aryl methyl sites for hydroxylation is 1. The smallest absolute Gasteiger partial charge is 0.418 e. The Hall–Kier alpha value is -4.22. The van der Waals surface area contributed by atoms with Crippen molar-refractivity contribution in [3.8, 4) is 5.75 Å². The number of benzene rings is 2. The van der Waals surface area contributed by atoms with E-state index in [4.69, 9.17) is 4.74 Å². The number of aliphatic carboxylic acids is 1. The molecule has 220 valence electrons. The summed E-state index contributed by atoms with van der Waals surface area (Å²) in [5, 5.41) is 18.5. The van der Waals surface area contributed by atoms with Gasteiger partial charge in [0.2, 0.25) is 5.91 Å². The Labute approximate surface area is 234 Å². The summed E-state index contributed by atoms with van der Waals surface area (Å²) in [7, 11) is 1.53. The minimum absolute atomic E-state index is 0.0372. The lowest BCUT2D eigenvalue weighted by molar-refractivity contribution is -0.148. The van der Waals surface area contributed by atoms with Crippen molar-refractivity contribution in [2.24, 2.45) is 5.92 Å². The largest absolute Gasteiger partial charge is 0.497 e. The van der Waals surface area contributed by atoms with Gasteiger partial charge in [-0.25, -0.2) is 9.59 Å². The van der Waals surface area contributed by atoms with Gasteiger partial charge in [0.1, 0.15) is 17.3 Å². The number of aromatic nitrogens is 1. The molecular formula is C29H33F3N4O5. The third kappa shape index (κ3) is 6.26. The normalized spacial score (nSPS) is 18.2. The lowest BCUT2D eigenvalue weighted by Crippen LogP contribution is -2.63. The van der Waals surface area contributed by atoms with E-state index in [0.29, 0.717) is 23.4 Å². The minimum Gasteiger partial charge on any atom is -0.497 e. The number of carboxylic acid groups (broad SMARTS) is 1. The molecule has 0 saturated heterocycles. The van der Waals surface area contributed by atoms with Crippen LogP contribution in [0.3, 0.4) is 0 Å². The van der Waals surface area contributed by atoms with Crippen LogP contribution in [0.15, 0.2) is 42.5 Å². The molecule has 0 radical (unpaired) electrons. The quantitative estimate of drug-likeness (QED) is 0.256. The standard InChI is InChI=1S/C29H33F3N4O5/c1-4-16(2)23(35-27(40)33-15-17-7-5-8-18(13-17)41-3)25(37)36-28(26(38)39)12-11-22-20(14-28)19-9-6-10-21(24(19)34-22)29(30,31)32/h5-10,13,16,23,34H,4,11-12,14-15H2,1-3H3,(H,36,37)(H,38,39)(H2,33,35,40)/t16?,23-,28+/m0/s1. The third-order valence-electron chi connectivity index (χ3n) is 7.76. The molecule has 1 unspecified atom stereocenters. The first-order valence-electron chi connectivity index (χ1n) is 13.3. The van der Waals surface area contributed by atoms with E-state index >= 15 is 0 Å². The first-order valence-corrected chi connectivity index (χ1v) is 13.3. The van der Waals surface area contributed by atoms with Crippen molar-refractivity contribution in [1.82, 2.24) is 20.9 Å². The number of aromatic amines is 1. The number of urea groups is 1. The summed E-state index contributed by atoms with van der Waals surface area (Å²) in [6, 6.07) is 9.21. The van der Waals surface area contributed by atoms with E-state index in [1.54, 1.807) is 31.2 Å². The lowest BCUT2D eigenvalue weighted by atomic mass is 9.79. The molecule has 3 atom stereocenters. The number of rotatable bonds is 9. The number of methoxy groups -OCH3 is 1. The summed E-state index contributed by atoms with van der Waals surface area (Å²) in [5.74, 6) is -1.70. The molecule has 0 spiro atoms. The second-order valence-corrected chi connectivity index (χ2v) is 10.4. The van der Waals surface area contributed by atoms with Gasteiger partial charge in [-0.2, -0.15) is 13.2 Å². The maximum atomic E-state index is 13.6. The number of halogens is 3. The number of ether oxygens (including phenoxy) is 1. The Morgan fingerprint density at radius 1 is 1.17 bits per heavy atom. The van der Waals surface area contributed by atoms with Crippen LogP contribution in [0.5, 0.6) is 5.75 Å². The number of carbonyl (C=O) groups excluding carboxylic acids is 2. The van der Waals surface area contributed by atoms with Crippen molar-refractivity contribution in [2.45, 2.75) is 63.8 Å². The van der Waals surface area contributed by atoms with Crippen molar-refractivity contribution in [3.63, 3.8) is 0 Å². The molecule has 9 nitrogen and oxygen atoms in total. The molecule has 1 aliphatic carbocycles. The first-order chi connectivity index (χ1) is 19.4. The van der Waals surface area contributed by atoms with Crippen molar-refractivity contribution in [1.29, 1.82) is 0 Å². The number of carbonyl (C=O) groups is 3. The fourth-order valence-corrected chi connectivity index (χ4v) is 5.22. The van der Waals surface area contributed by atoms with Gasteiger partial charge in [-0.3, -0.25) is 4.79 Å². The molecule has 2 aromatic carbocycles. The average molecular weight is 575 g/mol. The van der Waals surface area contributed by atoms with Crippen molar-refractivity contribution < 1.29 is 37.4 Å². The molecular weight excluding hydrogens is 541 g/mol. The summed E-state index contributed by atoms with van der Waals surface area (Å²) in [6.07, 6.45) is -4.20. The highest BCUT2D eigenvalue weighted by Crippen LogP contribution is 2.40. The van der Waals surface area contributed by atoms with Crippen LogP contribution in [0, 0.1) is 5.92 Å². The van der Waals surface area contributed by atoms with Crippen LogP contribution in [0.25, 0.3) is 10.9 Å². The molecule has 1 heterocycles. The molecule has 1 aliphatic rings. The molecule has 0 bridgehead atoms. The number of carboxylic acids is 1.